The average molecular weight is 417 g/mol. The van der Waals surface area contributed by atoms with Crippen molar-refractivity contribution in [1.82, 2.24) is 0 Å². The summed E-state index contributed by atoms with van der Waals surface area (Å²) in [6.07, 6.45) is 3.87. The maximum Gasteiger partial charge on any atom is 0.320 e. The number of hydrogen-bond acceptors (Lipinski definition) is 6. The lowest BCUT2D eigenvalue weighted by molar-refractivity contribution is -0.200. The van der Waals surface area contributed by atoms with E-state index in [9.17, 15) is 14.7 Å². The smallest absolute Gasteiger partial charge is 0.320 e. The van der Waals surface area contributed by atoms with Crippen molar-refractivity contribution in [3.05, 3.63) is 34.1 Å². The molecule has 3 heterocycles. The van der Waals surface area contributed by atoms with Gasteiger partial charge in [-0.1, -0.05) is 25.5 Å². The first kappa shape index (κ1) is 21.3. The summed E-state index contributed by atoms with van der Waals surface area (Å²) in [7, 11) is 0. The Bertz CT molecular complexity index is 889. The molecule has 0 spiro atoms. The minimum atomic E-state index is -1.56. The van der Waals surface area contributed by atoms with Crippen molar-refractivity contribution in [2.45, 2.75) is 84.7 Å². The van der Waals surface area contributed by atoms with Crippen LogP contribution >= 0.6 is 0 Å². The van der Waals surface area contributed by atoms with E-state index in [0.717, 1.165) is 22.3 Å². The molecule has 2 fully saturated rings. The Kier molecular flexibility index (Phi) is 5.02. The Labute approximate surface area is 177 Å². The molecule has 4 aliphatic rings. The Hall–Kier alpha value is -1.92. The van der Waals surface area contributed by atoms with Gasteiger partial charge in [0.15, 0.2) is 5.79 Å². The summed E-state index contributed by atoms with van der Waals surface area (Å²) in [5.74, 6) is -2.42. The number of esters is 2. The van der Waals surface area contributed by atoms with Gasteiger partial charge in [-0.05, 0) is 69.6 Å². The quantitative estimate of drug-likeness (QED) is 0.515. The van der Waals surface area contributed by atoms with Crippen LogP contribution in [-0.4, -0.2) is 34.5 Å². The maximum absolute atomic E-state index is 12.6. The van der Waals surface area contributed by atoms with Crippen LogP contribution in [0, 0.1) is 17.8 Å². The minimum Gasteiger partial charge on any atom is -0.455 e. The van der Waals surface area contributed by atoms with Gasteiger partial charge >= 0.3 is 11.9 Å². The van der Waals surface area contributed by atoms with Gasteiger partial charge in [-0.25, -0.2) is 0 Å². The number of carbonyl (C=O) groups excluding carboxylic acids is 2. The van der Waals surface area contributed by atoms with Gasteiger partial charge in [0.05, 0.1) is 18.4 Å². The second-order valence-corrected chi connectivity index (χ2v) is 9.85. The molecule has 6 nitrogen and oxygen atoms in total. The Morgan fingerprint density at radius 3 is 2.57 bits per heavy atom. The molecule has 3 aliphatic heterocycles. The molecule has 0 unspecified atom stereocenters. The highest BCUT2D eigenvalue weighted by molar-refractivity contribution is 5.80. The monoisotopic (exact) mass is 416 g/mol. The molecule has 0 radical (unpaired) electrons. The van der Waals surface area contributed by atoms with Crippen LogP contribution in [0.25, 0.3) is 0 Å². The molecule has 6 heteroatoms. The predicted molar refractivity (Wildman–Crippen MR) is 110 cm³/mol. The summed E-state index contributed by atoms with van der Waals surface area (Å²) in [5, 5.41) is 10.8. The third kappa shape index (κ3) is 3.25. The van der Waals surface area contributed by atoms with E-state index in [0.29, 0.717) is 31.4 Å². The highest BCUT2D eigenvalue weighted by Crippen LogP contribution is 2.52. The van der Waals surface area contributed by atoms with Crippen molar-refractivity contribution < 1.29 is 28.9 Å². The zero-order valence-corrected chi connectivity index (χ0v) is 18.7. The molecule has 1 aliphatic carbocycles. The van der Waals surface area contributed by atoms with Crippen LogP contribution in [0.4, 0.5) is 0 Å². The van der Waals surface area contributed by atoms with E-state index in [4.69, 9.17) is 14.2 Å². The molecule has 0 aromatic carbocycles. The first-order valence-electron chi connectivity index (χ1n) is 10.9. The van der Waals surface area contributed by atoms with Crippen molar-refractivity contribution in [1.29, 1.82) is 0 Å². The Morgan fingerprint density at radius 1 is 1.20 bits per heavy atom. The number of ether oxygens (including phenoxy) is 3. The lowest BCUT2D eigenvalue weighted by Crippen LogP contribution is -2.39. The normalized spacial score (nSPS) is 43.5. The molecule has 0 aromatic rings. The topological polar surface area (TPSA) is 82.1 Å². The van der Waals surface area contributed by atoms with E-state index in [2.05, 4.69) is 19.9 Å². The standard InChI is InChI=1S/C24H32O6/c1-12(2)15-11-17(25)29-23(5)10-9-14(4)20-18-19(22(26)28-20)24(6,27)30-21(18)13(3)7-8-16(15)23/h7,12,18-19,21,27H,8-11H2,1-6H3/b13-7-,20-14-/t18-,19+,21-,23-,24+/m0/s1. The molecule has 1 N–H and O–H groups in total. The molecule has 0 saturated carbocycles. The Morgan fingerprint density at radius 2 is 1.90 bits per heavy atom. The van der Waals surface area contributed by atoms with Crippen LogP contribution in [0.1, 0.15) is 67.2 Å². The molecule has 4 rings (SSSR count). The average Bonchev–Trinajstić information content (AvgIpc) is 3.13. The molecule has 2 saturated heterocycles. The van der Waals surface area contributed by atoms with Crippen LogP contribution in [-0.2, 0) is 23.8 Å². The van der Waals surface area contributed by atoms with E-state index in [-0.39, 0.29) is 17.8 Å². The highest BCUT2D eigenvalue weighted by atomic mass is 16.6. The molecule has 30 heavy (non-hydrogen) atoms. The number of aliphatic hydroxyl groups is 1. The molecule has 0 aromatic heterocycles. The zero-order valence-electron chi connectivity index (χ0n) is 18.7. The van der Waals surface area contributed by atoms with Crippen molar-refractivity contribution in [3.8, 4) is 0 Å². The fourth-order valence-corrected chi connectivity index (χ4v) is 5.53. The fraction of sp³-hybridized carbons (Fsp3) is 0.667. The second kappa shape index (κ2) is 7.06. The van der Waals surface area contributed by atoms with E-state index < -0.39 is 29.4 Å². The van der Waals surface area contributed by atoms with Gasteiger partial charge in [-0.2, -0.15) is 0 Å². The van der Waals surface area contributed by atoms with Gasteiger partial charge in [0.2, 0.25) is 0 Å². The molecular weight excluding hydrogens is 384 g/mol. The van der Waals surface area contributed by atoms with Gasteiger partial charge < -0.3 is 19.3 Å². The highest BCUT2D eigenvalue weighted by Gasteiger charge is 2.62. The van der Waals surface area contributed by atoms with Crippen LogP contribution in [0.5, 0.6) is 0 Å². The number of rotatable bonds is 1. The van der Waals surface area contributed by atoms with Crippen LogP contribution in [0.2, 0.25) is 0 Å². The minimum absolute atomic E-state index is 0.186. The van der Waals surface area contributed by atoms with E-state index in [1.807, 2.05) is 20.8 Å². The van der Waals surface area contributed by atoms with Crippen molar-refractivity contribution in [3.63, 3.8) is 0 Å². The van der Waals surface area contributed by atoms with E-state index in [1.165, 1.54) is 0 Å². The van der Waals surface area contributed by atoms with E-state index >= 15 is 0 Å². The van der Waals surface area contributed by atoms with Gasteiger partial charge in [-0.3, -0.25) is 9.59 Å². The zero-order chi connectivity index (χ0) is 22.0. The molecule has 0 bridgehead atoms. The largest absolute Gasteiger partial charge is 0.455 e. The van der Waals surface area contributed by atoms with Gasteiger partial charge in [-0.15, -0.1) is 0 Å². The second-order valence-electron chi connectivity index (χ2n) is 9.85. The van der Waals surface area contributed by atoms with Crippen molar-refractivity contribution >= 4 is 11.9 Å². The number of hydrogen-bond donors (Lipinski definition) is 1. The summed E-state index contributed by atoms with van der Waals surface area (Å²) >= 11 is 0. The first-order valence-corrected chi connectivity index (χ1v) is 10.9. The summed E-state index contributed by atoms with van der Waals surface area (Å²) in [4.78, 5) is 25.0. The molecular formula is C24H32O6. The lowest BCUT2D eigenvalue weighted by Gasteiger charge is -2.39. The lowest BCUT2D eigenvalue weighted by atomic mass is 9.78. The van der Waals surface area contributed by atoms with Gasteiger partial charge in [0.25, 0.3) is 0 Å². The SMILES string of the molecule is C/C1=C/CC2=C(C(C)C)CC(=O)O[C@@]2(C)CC/C(C)=C2\OC(=O)[C@H]3[C@@H]2[C@H]1O[C@@]3(C)O. The summed E-state index contributed by atoms with van der Waals surface area (Å²) in [6.45, 7) is 11.7. The number of carbonyl (C=O) groups is 2. The Balaban J connectivity index is 1.85. The van der Waals surface area contributed by atoms with Crippen LogP contribution in [0.15, 0.2) is 34.1 Å². The number of allylic oxidation sites excluding steroid dienone is 2. The predicted octanol–water partition coefficient (Wildman–Crippen LogP) is 3.95. The molecule has 5 atom stereocenters. The fourth-order valence-electron chi connectivity index (χ4n) is 5.53. The third-order valence-corrected chi connectivity index (χ3v) is 7.27. The van der Waals surface area contributed by atoms with Crippen LogP contribution < -0.4 is 0 Å². The van der Waals surface area contributed by atoms with E-state index in [1.54, 1.807) is 6.92 Å². The van der Waals surface area contributed by atoms with Gasteiger partial charge in [0, 0.05) is 0 Å². The van der Waals surface area contributed by atoms with Crippen molar-refractivity contribution in [2.24, 2.45) is 17.8 Å². The van der Waals surface area contributed by atoms with Crippen LogP contribution in [0.3, 0.4) is 0 Å². The first-order chi connectivity index (χ1) is 13.9. The summed E-state index contributed by atoms with van der Waals surface area (Å²) in [5.41, 5.74) is 3.49. The third-order valence-electron chi connectivity index (χ3n) is 7.27. The maximum atomic E-state index is 12.6. The summed E-state index contributed by atoms with van der Waals surface area (Å²) < 4.78 is 17.6. The summed E-state index contributed by atoms with van der Waals surface area (Å²) in [6, 6.07) is 0. The number of fused-ring (bicyclic) bond motifs is 1. The molecule has 164 valence electrons. The van der Waals surface area contributed by atoms with Gasteiger partial charge in [0.1, 0.15) is 17.3 Å². The van der Waals surface area contributed by atoms with Crippen molar-refractivity contribution in [2.75, 3.05) is 0 Å². The molecule has 0 amide bonds.